The molecule has 0 amide bonds. The Hall–Kier alpha value is -3.02. The van der Waals surface area contributed by atoms with E-state index in [0.29, 0.717) is 18.9 Å². The van der Waals surface area contributed by atoms with Crippen LogP contribution in [-0.4, -0.2) is 46.5 Å². The Morgan fingerprint density at radius 3 is 2.11 bits per heavy atom. The van der Waals surface area contributed by atoms with Crippen LogP contribution in [-0.2, 0) is 0 Å². The molecule has 0 aliphatic carbocycles. The number of aliphatic hydroxyl groups excluding tert-OH is 2. The third-order valence-corrected chi connectivity index (χ3v) is 4.88. The molecule has 0 bridgehead atoms. The quantitative estimate of drug-likeness (QED) is 0.506. The number of hydrogen-bond acceptors (Lipinski definition) is 5. The molecule has 2 aromatic heterocycles. The molecule has 4 aromatic rings. The lowest BCUT2D eigenvalue weighted by Gasteiger charge is -2.24. The number of nitrogens with zero attached hydrogens (tertiary/aromatic N) is 3. The van der Waals surface area contributed by atoms with Crippen molar-refractivity contribution in [2.24, 2.45) is 0 Å². The second kappa shape index (κ2) is 7.92. The molecule has 142 valence electrons. The van der Waals surface area contributed by atoms with E-state index in [2.05, 4.69) is 30.3 Å². The maximum Gasteiger partial charge on any atom is 0.155 e. The van der Waals surface area contributed by atoms with E-state index < -0.39 is 0 Å². The van der Waals surface area contributed by atoms with Gasteiger partial charge in [0.1, 0.15) is 5.52 Å². The van der Waals surface area contributed by atoms with Gasteiger partial charge in [0.2, 0.25) is 0 Å². The van der Waals surface area contributed by atoms with E-state index in [1.165, 1.54) is 0 Å². The summed E-state index contributed by atoms with van der Waals surface area (Å²) in [6.45, 7) is 2.70. The maximum atomic E-state index is 9.50. The molecule has 0 radical (unpaired) electrons. The summed E-state index contributed by atoms with van der Waals surface area (Å²) in [5.41, 5.74) is 3.61. The van der Waals surface area contributed by atoms with Crippen molar-refractivity contribution in [3.63, 3.8) is 0 Å². The van der Waals surface area contributed by atoms with Crippen molar-refractivity contribution in [2.75, 3.05) is 31.2 Å². The minimum atomic E-state index is -0.0176. The number of aromatic nitrogens is 2. The molecule has 2 heterocycles. The zero-order valence-corrected chi connectivity index (χ0v) is 15.8. The topological polar surface area (TPSA) is 69.5 Å². The Bertz CT molecular complexity index is 1110. The van der Waals surface area contributed by atoms with E-state index >= 15 is 0 Å². The van der Waals surface area contributed by atoms with Crippen molar-refractivity contribution in [1.29, 1.82) is 0 Å². The first kappa shape index (κ1) is 18.3. The maximum absolute atomic E-state index is 9.50. The molecule has 0 fully saturated rings. The second-order valence-electron chi connectivity index (χ2n) is 6.79. The van der Waals surface area contributed by atoms with Crippen molar-refractivity contribution in [3.8, 4) is 11.3 Å². The lowest BCUT2D eigenvalue weighted by Crippen LogP contribution is -2.31. The normalized spacial score (nSPS) is 11.2. The Labute approximate surface area is 163 Å². The van der Waals surface area contributed by atoms with Crippen LogP contribution in [0.2, 0.25) is 0 Å². The summed E-state index contributed by atoms with van der Waals surface area (Å²) in [7, 11) is 0. The Kier molecular flexibility index (Phi) is 5.19. The number of rotatable bonds is 6. The fourth-order valence-electron chi connectivity index (χ4n) is 3.66. The van der Waals surface area contributed by atoms with Gasteiger partial charge in [-0.3, -0.25) is 0 Å². The highest BCUT2D eigenvalue weighted by molar-refractivity contribution is 6.13. The van der Waals surface area contributed by atoms with E-state index in [1.54, 1.807) is 0 Å². The zero-order valence-electron chi connectivity index (χ0n) is 15.8. The van der Waals surface area contributed by atoms with Gasteiger partial charge in [0.05, 0.1) is 18.9 Å². The summed E-state index contributed by atoms with van der Waals surface area (Å²) in [5, 5.41) is 22.2. The highest BCUT2D eigenvalue weighted by Crippen LogP contribution is 2.35. The molecule has 28 heavy (non-hydrogen) atoms. The van der Waals surface area contributed by atoms with Gasteiger partial charge in [-0.2, -0.15) is 0 Å². The largest absolute Gasteiger partial charge is 0.395 e. The van der Waals surface area contributed by atoms with E-state index in [9.17, 15) is 10.2 Å². The molecule has 2 aromatic carbocycles. The molecule has 0 unspecified atom stereocenters. The Morgan fingerprint density at radius 2 is 1.43 bits per heavy atom. The van der Waals surface area contributed by atoms with Crippen molar-refractivity contribution in [1.82, 2.24) is 9.97 Å². The van der Waals surface area contributed by atoms with Gasteiger partial charge in [-0.1, -0.05) is 54.6 Å². The Morgan fingerprint density at radius 1 is 0.786 bits per heavy atom. The van der Waals surface area contributed by atoms with Gasteiger partial charge in [-0.15, -0.1) is 0 Å². The predicted octanol–water partition coefficient (Wildman–Crippen LogP) is 3.55. The van der Waals surface area contributed by atoms with Gasteiger partial charge in [0.15, 0.2) is 5.82 Å². The highest BCUT2D eigenvalue weighted by atomic mass is 16.3. The van der Waals surface area contributed by atoms with Gasteiger partial charge in [-0.05, 0) is 18.4 Å². The minimum absolute atomic E-state index is 0.0176. The summed E-state index contributed by atoms with van der Waals surface area (Å²) < 4.78 is 0. The third kappa shape index (κ3) is 3.30. The average Bonchev–Trinajstić information content (AvgIpc) is 2.73. The summed E-state index contributed by atoms with van der Waals surface area (Å²) in [5.74, 6) is 0.695. The highest BCUT2D eigenvalue weighted by Gasteiger charge is 2.18. The molecule has 5 heteroatoms. The minimum Gasteiger partial charge on any atom is -0.395 e. The van der Waals surface area contributed by atoms with Crippen LogP contribution in [0.5, 0.6) is 0 Å². The van der Waals surface area contributed by atoms with Crippen LogP contribution in [0.3, 0.4) is 0 Å². The standard InChI is InChI=1S/C23H23N3O2/c1-16-15-20-18-9-5-6-10-19(18)21(17-7-3-2-4-8-17)25-22(20)23(24-16)26(11-13-27)12-14-28/h2-10,15,27-28H,11-14H2,1H3. The van der Waals surface area contributed by atoms with Crippen LogP contribution in [0.25, 0.3) is 32.9 Å². The van der Waals surface area contributed by atoms with Crippen LogP contribution in [0.4, 0.5) is 5.82 Å². The number of aryl methyl sites for hydroxylation is 1. The number of pyridine rings is 2. The summed E-state index contributed by atoms with van der Waals surface area (Å²) in [6, 6.07) is 20.4. The molecular formula is C23H23N3O2. The number of fused-ring (bicyclic) bond motifs is 3. The molecule has 0 saturated heterocycles. The first-order valence-electron chi connectivity index (χ1n) is 9.45. The predicted molar refractivity (Wildman–Crippen MR) is 114 cm³/mol. The van der Waals surface area contributed by atoms with E-state index in [0.717, 1.165) is 38.6 Å². The van der Waals surface area contributed by atoms with Crippen molar-refractivity contribution in [2.45, 2.75) is 6.92 Å². The molecule has 5 nitrogen and oxygen atoms in total. The molecule has 2 N–H and O–H groups in total. The van der Waals surface area contributed by atoms with Crippen molar-refractivity contribution in [3.05, 3.63) is 66.4 Å². The summed E-state index contributed by atoms with van der Waals surface area (Å²) >= 11 is 0. The fraction of sp³-hybridized carbons (Fsp3) is 0.217. The number of anilines is 1. The molecule has 0 saturated carbocycles. The molecule has 0 aliphatic heterocycles. The van der Waals surface area contributed by atoms with Crippen LogP contribution < -0.4 is 4.90 Å². The molecular weight excluding hydrogens is 350 g/mol. The fourth-order valence-corrected chi connectivity index (χ4v) is 3.66. The summed E-state index contributed by atoms with van der Waals surface area (Å²) in [6.07, 6.45) is 0. The van der Waals surface area contributed by atoms with Gasteiger partial charge in [0.25, 0.3) is 0 Å². The van der Waals surface area contributed by atoms with Gasteiger partial charge in [0, 0.05) is 35.1 Å². The first-order valence-corrected chi connectivity index (χ1v) is 9.45. The third-order valence-electron chi connectivity index (χ3n) is 4.88. The van der Waals surface area contributed by atoms with Crippen LogP contribution in [0, 0.1) is 6.92 Å². The smallest absolute Gasteiger partial charge is 0.155 e. The molecule has 4 rings (SSSR count). The van der Waals surface area contributed by atoms with Crippen molar-refractivity contribution < 1.29 is 10.2 Å². The van der Waals surface area contributed by atoms with Gasteiger partial charge in [-0.25, -0.2) is 9.97 Å². The van der Waals surface area contributed by atoms with E-state index in [-0.39, 0.29) is 13.2 Å². The van der Waals surface area contributed by atoms with Gasteiger partial charge >= 0.3 is 0 Å². The molecule has 0 atom stereocenters. The molecule has 0 spiro atoms. The van der Waals surface area contributed by atoms with Crippen LogP contribution in [0.15, 0.2) is 60.7 Å². The first-order chi connectivity index (χ1) is 13.7. The van der Waals surface area contributed by atoms with Gasteiger partial charge < -0.3 is 15.1 Å². The van der Waals surface area contributed by atoms with E-state index in [1.807, 2.05) is 42.2 Å². The van der Waals surface area contributed by atoms with Crippen LogP contribution in [0.1, 0.15) is 5.69 Å². The number of benzene rings is 2. The lowest BCUT2D eigenvalue weighted by atomic mass is 10.00. The monoisotopic (exact) mass is 373 g/mol. The molecule has 0 aliphatic rings. The summed E-state index contributed by atoms with van der Waals surface area (Å²) in [4.78, 5) is 11.6. The van der Waals surface area contributed by atoms with Crippen LogP contribution >= 0.6 is 0 Å². The number of aliphatic hydroxyl groups is 2. The lowest BCUT2D eigenvalue weighted by molar-refractivity contribution is 0.281. The number of hydrogen-bond donors (Lipinski definition) is 2. The average molecular weight is 373 g/mol. The van der Waals surface area contributed by atoms with Crippen molar-refractivity contribution >= 4 is 27.5 Å². The Balaban J connectivity index is 2.08. The second-order valence-corrected chi connectivity index (χ2v) is 6.79. The van der Waals surface area contributed by atoms with E-state index in [4.69, 9.17) is 9.97 Å². The zero-order chi connectivity index (χ0) is 19.5. The SMILES string of the molecule is Cc1cc2c(nc(-c3ccccc3)c3ccccc32)c(N(CCO)CCO)n1.